The van der Waals surface area contributed by atoms with Crippen LogP contribution in [0.1, 0.15) is 35.7 Å². The summed E-state index contributed by atoms with van der Waals surface area (Å²) >= 11 is 0. The van der Waals surface area contributed by atoms with E-state index in [-0.39, 0.29) is 11.7 Å². The number of ketones is 1. The van der Waals surface area contributed by atoms with Crippen LogP contribution in [0.15, 0.2) is 48.5 Å². The van der Waals surface area contributed by atoms with E-state index in [0.717, 1.165) is 25.3 Å². The highest BCUT2D eigenvalue weighted by Crippen LogP contribution is 2.32. The molecule has 0 spiro atoms. The van der Waals surface area contributed by atoms with Gasteiger partial charge in [0.15, 0.2) is 17.3 Å². The zero-order valence-electron chi connectivity index (χ0n) is 15.9. The number of carbonyl (C=O) groups is 1. The first kappa shape index (κ1) is 18.1. The summed E-state index contributed by atoms with van der Waals surface area (Å²) in [5.41, 5.74) is 2.09. The van der Waals surface area contributed by atoms with Crippen molar-refractivity contribution in [3.8, 4) is 11.5 Å². The van der Waals surface area contributed by atoms with Crippen LogP contribution in [0.3, 0.4) is 0 Å². The molecule has 2 heterocycles. The minimum absolute atomic E-state index is 0.0380. The number of Topliss-reactive ketones (excluding diaryl/α,β-unsaturated/α-hetero) is 1. The zero-order chi connectivity index (χ0) is 18.6. The van der Waals surface area contributed by atoms with Crippen LogP contribution >= 0.6 is 0 Å². The maximum atomic E-state index is 13.0. The van der Waals surface area contributed by atoms with E-state index in [4.69, 9.17) is 9.47 Å². The molecule has 2 aromatic rings. The van der Waals surface area contributed by atoms with Gasteiger partial charge in [-0.25, -0.2) is 0 Å². The van der Waals surface area contributed by atoms with Crippen molar-refractivity contribution in [3.05, 3.63) is 59.7 Å². The molecule has 0 aliphatic carbocycles. The fourth-order valence-electron chi connectivity index (χ4n) is 4.17. The Morgan fingerprint density at radius 3 is 2.70 bits per heavy atom. The van der Waals surface area contributed by atoms with Crippen LogP contribution in [0.25, 0.3) is 0 Å². The highest BCUT2D eigenvalue weighted by Gasteiger charge is 2.28. The lowest BCUT2D eigenvalue weighted by molar-refractivity contribution is 0.0887. The summed E-state index contributed by atoms with van der Waals surface area (Å²) in [6.45, 7) is 5.03. The SMILES string of the molecule is CC(CN1CCCC1Cc1ccccc1)C(=O)c1ccc2c(c1)OCCO2. The Balaban J connectivity index is 1.40. The van der Waals surface area contributed by atoms with Crippen LogP contribution < -0.4 is 9.47 Å². The van der Waals surface area contributed by atoms with E-state index in [2.05, 4.69) is 35.2 Å². The normalized spacial score (nSPS) is 20.4. The van der Waals surface area contributed by atoms with E-state index in [1.54, 1.807) is 0 Å². The second-order valence-corrected chi connectivity index (χ2v) is 7.60. The summed E-state index contributed by atoms with van der Waals surface area (Å²) in [7, 11) is 0. The van der Waals surface area contributed by atoms with Crippen LogP contribution in [-0.2, 0) is 6.42 Å². The van der Waals surface area contributed by atoms with Gasteiger partial charge in [0.1, 0.15) is 13.2 Å². The van der Waals surface area contributed by atoms with Gasteiger partial charge in [0, 0.05) is 24.1 Å². The molecule has 2 atom stereocenters. The summed E-state index contributed by atoms with van der Waals surface area (Å²) in [5, 5.41) is 0. The molecule has 0 saturated carbocycles. The van der Waals surface area contributed by atoms with Gasteiger partial charge >= 0.3 is 0 Å². The van der Waals surface area contributed by atoms with E-state index >= 15 is 0 Å². The van der Waals surface area contributed by atoms with Gasteiger partial charge in [-0.15, -0.1) is 0 Å². The van der Waals surface area contributed by atoms with E-state index in [0.29, 0.717) is 30.6 Å². The Hall–Kier alpha value is -2.33. The summed E-state index contributed by atoms with van der Waals surface area (Å²) in [6.07, 6.45) is 3.48. The fraction of sp³-hybridized carbons (Fsp3) is 0.435. The Labute approximate surface area is 161 Å². The Bertz CT molecular complexity index is 789. The van der Waals surface area contributed by atoms with E-state index in [9.17, 15) is 4.79 Å². The number of likely N-dealkylation sites (tertiary alicyclic amines) is 1. The monoisotopic (exact) mass is 365 g/mol. The molecule has 2 aliphatic rings. The van der Waals surface area contributed by atoms with Gasteiger partial charge in [0.05, 0.1) is 0 Å². The van der Waals surface area contributed by atoms with E-state index in [1.165, 1.54) is 18.4 Å². The molecule has 0 bridgehead atoms. The summed E-state index contributed by atoms with van der Waals surface area (Å²) in [6, 6.07) is 16.7. The molecular weight excluding hydrogens is 338 g/mol. The van der Waals surface area contributed by atoms with Crippen LogP contribution in [0.2, 0.25) is 0 Å². The minimum atomic E-state index is -0.0380. The predicted molar refractivity (Wildman–Crippen MR) is 106 cm³/mol. The third-order valence-corrected chi connectivity index (χ3v) is 5.60. The van der Waals surface area contributed by atoms with Gasteiger partial charge in [0.2, 0.25) is 0 Å². The van der Waals surface area contributed by atoms with Gasteiger partial charge in [-0.2, -0.15) is 0 Å². The molecule has 27 heavy (non-hydrogen) atoms. The lowest BCUT2D eigenvalue weighted by Crippen LogP contribution is -2.36. The largest absolute Gasteiger partial charge is 0.486 e. The quantitative estimate of drug-likeness (QED) is 0.726. The molecule has 142 valence electrons. The van der Waals surface area contributed by atoms with E-state index in [1.807, 2.05) is 25.1 Å². The maximum Gasteiger partial charge on any atom is 0.167 e. The van der Waals surface area contributed by atoms with Crippen molar-refractivity contribution in [2.24, 2.45) is 5.92 Å². The predicted octanol–water partition coefficient (Wildman–Crippen LogP) is 3.98. The van der Waals surface area contributed by atoms with Crippen molar-refractivity contribution in [2.45, 2.75) is 32.2 Å². The highest BCUT2D eigenvalue weighted by molar-refractivity contribution is 5.98. The van der Waals surface area contributed by atoms with Crippen molar-refractivity contribution in [1.82, 2.24) is 4.90 Å². The van der Waals surface area contributed by atoms with Crippen molar-refractivity contribution < 1.29 is 14.3 Å². The van der Waals surface area contributed by atoms with Crippen molar-refractivity contribution in [3.63, 3.8) is 0 Å². The van der Waals surface area contributed by atoms with Crippen molar-refractivity contribution in [2.75, 3.05) is 26.3 Å². The van der Waals surface area contributed by atoms with Crippen LogP contribution in [-0.4, -0.2) is 43.0 Å². The summed E-state index contributed by atoms with van der Waals surface area (Å²) in [4.78, 5) is 15.5. The van der Waals surface area contributed by atoms with Gasteiger partial charge < -0.3 is 9.47 Å². The third-order valence-electron chi connectivity index (χ3n) is 5.60. The average molecular weight is 365 g/mol. The number of benzene rings is 2. The molecule has 0 N–H and O–H groups in total. The molecular formula is C23H27NO3. The second kappa shape index (κ2) is 8.13. The number of carbonyl (C=O) groups excluding carboxylic acids is 1. The first-order chi connectivity index (χ1) is 13.2. The first-order valence-corrected chi connectivity index (χ1v) is 9.92. The second-order valence-electron chi connectivity index (χ2n) is 7.60. The zero-order valence-corrected chi connectivity index (χ0v) is 15.9. The molecule has 0 aromatic heterocycles. The van der Waals surface area contributed by atoms with Gasteiger partial charge in [-0.1, -0.05) is 37.3 Å². The number of fused-ring (bicyclic) bond motifs is 1. The minimum Gasteiger partial charge on any atom is -0.486 e. The van der Waals surface area contributed by atoms with E-state index < -0.39 is 0 Å². The maximum absolute atomic E-state index is 13.0. The molecule has 2 unspecified atom stereocenters. The first-order valence-electron chi connectivity index (χ1n) is 9.92. The van der Waals surface area contributed by atoms with Gasteiger partial charge in [-0.3, -0.25) is 9.69 Å². The lowest BCUT2D eigenvalue weighted by atomic mass is 9.97. The Kier molecular flexibility index (Phi) is 5.44. The molecule has 1 fully saturated rings. The van der Waals surface area contributed by atoms with Gasteiger partial charge in [0.25, 0.3) is 0 Å². The summed E-state index contributed by atoms with van der Waals surface area (Å²) < 4.78 is 11.2. The number of hydrogen-bond acceptors (Lipinski definition) is 4. The molecule has 2 aromatic carbocycles. The Morgan fingerprint density at radius 1 is 1.11 bits per heavy atom. The standard InChI is InChI=1S/C23H27NO3/c1-17(23(25)19-9-10-21-22(15-19)27-13-12-26-21)16-24-11-5-8-20(24)14-18-6-3-2-4-7-18/h2-4,6-7,9-10,15,17,20H,5,8,11-14,16H2,1H3. The lowest BCUT2D eigenvalue weighted by Gasteiger charge is -2.27. The van der Waals surface area contributed by atoms with Gasteiger partial charge in [-0.05, 0) is 49.6 Å². The Morgan fingerprint density at radius 2 is 1.89 bits per heavy atom. The fourth-order valence-corrected chi connectivity index (χ4v) is 4.17. The molecule has 2 aliphatic heterocycles. The van der Waals surface area contributed by atoms with Crippen LogP contribution in [0.4, 0.5) is 0 Å². The summed E-state index contributed by atoms with van der Waals surface area (Å²) in [5.74, 6) is 1.55. The number of nitrogens with zero attached hydrogens (tertiary/aromatic N) is 1. The molecule has 4 rings (SSSR count). The van der Waals surface area contributed by atoms with Crippen LogP contribution in [0, 0.1) is 5.92 Å². The molecule has 4 heteroatoms. The third kappa shape index (κ3) is 4.16. The van der Waals surface area contributed by atoms with Crippen molar-refractivity contribution >= 4 is 5.78 Å². The average Bonchev–Trinajstić information content (AvgIpc) is 3.14. The molecule has 1 saturated heterocycles. The van der Waals surface area contributed by atoms with Crippen molar-refractivity contribution in [1.29, 1.82) is 0 Å². The molecule has 0 amide bonds. The topological polar surface area (TPSA) is 38.8 Å². The van der Waals surface area contributed by atoms with Crippen LogP contribution in [0.5, 0.6) is 11.5 Å². The smallest absolute Gasteiger partial charge is 0.167 e. The molecule has 4 nitrogen and oxygen atoms in total. The number of rotatable bonds is 6. The highest BCUT2D eigenvalue weighted by atomic mass is 16.6. The number of ether oxygens (including phenoxy) is 2. The molecule has 0 radical (unpaired) electrons. The number of hydrogen-bond donors (Lipinski definition) is 0.